The number of aryl methyl sites for hydroxylation is 2. The second kappa shape index (κ2) is 6.83. The Labute approximate surface area is 153 Å². The summed E-state index contributed by atoms with van der Waals surface area (Å²) in [6.45, 7) is 6.65. The van der Waals surface area contributed by atoms with Gasteiger partial charge in [0.1, 0.15) is 11.6 Å². The van der Waals surface area contributed by atoms with E-state index < -0.39 is 0 Å². The van der Waals surface area contributed by atoms with Gasteiger partial charge in [-0.15, -0.1) is 10.2 Å². The normalized spacial score (nSPS) is 21.5. The summed E-state index contributed by atoms with van der Waals surface area (Å²) in [4.78, 5) is 21.3. The number of piperidine rings is 1. The van der Waals surface area contributed by atoms with Gasteiger partial charge >= 0.3 is 0 Å². The number of hydrogen-bond donors (Lipinski definition) is 0. The van der Waals surface area contributed by atoms with E-state index in [2.05, 4.69) is 31.7 Å². The van der Waals surface area contributed by atoms with Gasteiger partial charge in [-0.2, -0.15) is 0 Å². The van der Waals surface area contributed by atoms with Gasteiger partial charge in [-0.05, 0) is 33.4 Å². The van der Waals surface area contributed by atoms with Crippen LogP contribution in [-0.2, 0) is 13.0 Å². The maximum atomic E-state index is 12.8. The molecule has 1 fully saturated rings. The van der Waals surface area contributed by atoms with Crippen LogP contribution in [0.15, 0.2) is 4.42 Å². The summed E-state index contributed by atoms with van der Waals surface area (Å²) >= 11 is 0. The van der Waals surface area contributed by atoms with Gasteiger partial charge in [-0.1, -0.05) is 6.42 Å². The summed E-state index contributed by atoms with van der Waals surface area (Å²) < 4.78 is 7.74. The van der Waals surface area contributed by atoms with E-state index in [9.17, 15) is 4.79 Å². The molecule has 4 heterocycles. The van der Waals surface area contributed by atoms with Crippen LogP contribution in [0.1, 0.15) is 59.1 Å². The highest BCUT2D eigenvalue weighted by Gasteiger charge is 2.30. The summed E-state index contributed by atoms with van der Waals surface area (Å²) in [5.41, 5.74) is 0.653. The van der Waals surface area contributed by atoms with Crippen molar-refractivity contribution >= 4 is 5.91 Å². The number of fused-ring (bicyclic) bond motifs is 1. The molecule has 0 saturated carbocycles. The zero-order chi connectivity index (χ0) is 18.3. The molecule has 140 valence electrons. The van der Waals surface area contributed by atoms with E-state index in [1.54, 1.807) is 6.92 Å². The number of amides is 1. The lowest BCUT2D eigenvalue weighted by atomic mass is 10.0. The number of oxazole rings is 1. The monoisotopic (exact) mass is 358 g/mol. The number of hydrogen-bond acceptors (Lipinski definition) is 6. The second-order valence-corrected chi connectivity index (χ2v) is 7.31. The Hall–Kier alpha value is -2.22. The van der Waals surface area contributed by atoms with Gasteiger partial charge in [0.15, 0.2) is 5.89 Å². The topological polar surface area (TPSA) is 80.3 Å². The Bertz CT molecular complexity index is 811. The molecule has 1 amide bonds. The third kappa shape index (κ3) is 3.02. The predicted octanol–water partition coefficient (Wildman–Crippen LogP) is 1.74. The van der Waals surface area contributed by atoms with Crippen LogP contribution in [0.5, 0.6) is 0 Å². The van der Waals surface area contributed by atoms with Crippen molar-refractivity contribution in [2.75, 3.05) is 26.7 Å². The highest BCUT2D eigenvalue weighted by Crippen LogP contribution is 2.29. The fraction of sp³-hybridized carbons (Fsp3) is 0.667. The van der Waals surface area contributed by atoms with E-state index in [0.29, 0.717) is 42.9 Å². The number of carbonyl (C=O) groups excluding carboxylic acids is 1. The van der Waals surface area contributed by atoms with E-state index in [1.807, 2.05) is 11.8 Å². The maximum absolute atomic E-state index is 12.8. The number of carbonyl (C=O) groups is 1. The van der Waals surface area contributed by atoms with Crippen molar-refractivity contribution in [3.8, 4) is 0 Å². The molecule has 2 aromatic rings. The molecule has 26 heavy (non-hydrogen) atoms. The molecule has 0 bridgehead atoms. The molecule has 4 rings (SSSR count). The fourth-order valence-electron chi connectivity index (χ4n) is 4.07. The van der Waals surface area contributed by atoms with Crippen molar-refractivity contribution in [1.82, 2.24) is 29.5 Å². The molecule has 0 radical (unpaired) electrons. The number of nitrogens with zero attached hydrogens (tertiary/aromatic N) is 6. The quantitative estimate of drug-likeness (QED) is 0.813. The van der Waals surface area contributed by atoms with E-state index in [4.69, 9.17) is 4.42 Å². The van der Waals surface area contributed by atoms with Crippen molar-refractivity contribution < 1.29 is 9.21 Å². The average Bonchev–Trinajstić information content (AvgIpc) is 3.10. The van der Waals surface area contributed by atoms with Crippen LogP contribution in [0, 0.1) is 13.8 Å². The van der Waals surface area contributed by atoms with Crippen molar-refractivity contribution in [3.05, 3.63) is 29.0 Å². The summed E-state index contributed by atoms with van der Waals surface area (Å²) in [5, 5.41) is 8.93. The third-order valence-electron chi connectivity index (χ3n) is 5.51. The Morgan fingerprint density at radius 1 is 1.12 bits per heavy atom. The minimum absolute atomic E-state index is 0.0850. The zero-order valence-electron chi connectivity index (χ0n) is 15.7. The molecule has 2 aliphatic heterocycles. The number of aromatic nitrogens is 4. The highest BCUT2D eigenvalue weighted by molar-refractivity contribution is 5.92. The molecule has 0 unspecified atom stereocenters. The van der Waals surface area contributed by atoms with Gasteiger partial charge in [0.05, 0.1) is 11.7 Å². The smallest absolute Gasteiger partial charge is 0.291 e. The van der Waals surface area contributed by atoms with Gasteiger partial charge in [-0.25, -0.2) is 4.98 Å². The highest BCUT2D eigenvalue weighted by atomic mass is 16.4. The van der Waals surface area contributed by atoms with Crippen molar-refractivity contribution in [2.24, 2.45) is 0 Å². The molecule has 0 N–H and O–H groups in total. The first-order valence-electron chi connectivity index (χ1n) is 9.40. The summed E-state index contributed by atoms with van der Waals surface area (Å²) in [7, 11) is 2.16. The predicted molar refractivity (Wildman–Crippen MR) is 94.8 cm³/mol. The van der Waals surface area contributed by atoms with Gasteiger partial charge in [0.2, 0.25) is 5.76 Å². The molecular weight excluding hydrogens is 332 g/mol. The van der Waals surface area contributed by atoms with E-state index in [0.717, 1.165) is 31.2 Å². The molecule has 0 aromatic carbocycles. The third-order valence-corrected chi connectivity index (χ3v) is 5.51. The molecule has 0 aliphatic carbocycles. The van der Waals surface area contributed by atoms with Gasteiger partial charge in [-0.3, -0.25) is 9.69 Å². The van der Waals surface area contributed by atoms with Crippen LogP contribution in [0.3, 0.4) is 0 Å². The second-order valence-electron chi connectivity index (χ2n) is 7.31. The standard InChI is InChI=1S/C18H26N6O2/c1-12-16(26-13(2)19-12)18(25)23-9-7-15-20-21-17(24(15)11-10-23)14-6-4-5-8-22(14)3/h14H,4-11H2,1-3H3/t14-/m1/s1. The Kier molecular flexibility index (Phi) is 4.52. The summed E-state index contributed by atoms with van der Waals surface area (Å²) in [6.07, 6.45) is 4.30. The first kappa shape index (κ1) is 17.2. The minimum atomic E-state index is -0.0850. The van der Waals surface area contributed by atoms with Crippen LogP contribution in [0.25, 0.3) is 0 Å². The maximum Gasteiger partial charge on any atom is 0.291 e. The van der Waals surface area contributed by atoms with Crippen LogP contribution in [-0.4, -0.2) is 62.1 Å². The average molecular weight is 358 g/mol. The molecular formula is C18H26N6O2. The minimum Gasteiger partial charge on any atom is -0.436 e. The van der Waals surface area contributed by atoms with Crippen LogP contribution in [0.2, 0.25) is 0 Å². The van der Waals surface area contributed by atoms with E-state index >= 15 is 0 Å². The lowest BCUT2D eigenvalue weighted by molar-refractivity contribution is 0.0723. The zero-order valence-corrected chi connectivity index (χ0v) is 15.7. The molecule has 2 aliphatic rings. The van der Waals surface area contributed by atoms with Crippen LogP contribution >= 0.6 is 0 Å². The van der Waals surface area contributed by atoms with Crippen molar-refractivity contribution in [2.45, 2.75) is 52.1 Å². The first-order valence-corrected chi connectivity index (χ1v) is 9.40. The summed E-state index contributed by atoms with van der Waals surface area (Å²) in [6, 6.07) is 0.325. The Morgan fingerprint density at radius 2 is 1.96 bits per heavy atom. The first-order chi connectivity index (χ1) is 12.5. The molecule has 1 atom stereocenters. The number of rotatable bonds is 2. The largest absolute Gasteiger partial charge is 0.436 e. The van der Waals surface area contributed by atoms with Crippen molar-refractivity contribution in [3.63, 3.8) is 0 Å². The van der Waals surface area contributed by atoms with E-state index in [1.165, 1.54) is 12.8 Å². The van der Waals surface area contributed by atoms with Crippen LogP contribution < -0.4 is 0 Å². The van der Waals surface area contributed by atoms with Gasteiger partial charge in [0, 0.05) is 33.0 Å². The summed E-state index contributed by atoms with van der Waals surface area (Å²) in [5.74, 6) is 2.81. The molecule has 2 aromatic heterocycles. The molecule has 0 spiro atoms. The molecule has 1 saturated heterocycles. The van der Waals surface area contributed by atoms with E-state index in [-0.39, 0.29) is 5.91 Å². The van der Waals surface area contributed by atoms with Gasteiger partial charge in [0.25, 0.3) is 5.91 Å². The lowest BCUT2D eigenvalue weighted by Crippen LogP contribution is -2.35. The van der Waals surface area contributed by atoms with Crippen LogP contribution in [0.4, 0.5) is 0 Å². The van der Waals surface area contributed by atoms with Gasteiger partial charge < -0.3 is 13.9 Å². The molecule has 8 heteroatoms. The SMILES string of the molecule is Cc1nc(C)c(C(=O)N2CCc3nnc([C@H]4CCCCN4C)n3CC2)o1. The fourth-order valence-corrected chi connectivity index (χ4v) is 4.07. The Balaban J connectivity index is 1.53. The lowest BCUT2D eigenvalue weighted by Gasteiger charge is -2.31. The number of likely N-dealkylation sites (tertiary alicyclic amines) is 1. The molecule has 8 nitrogen and oxygen atoms in total. The van der Waals surface area contributed by atoms with Crippen molar-refractivity contribution in [1.29, 1.82) is 0 Å². The Morgan fingerprint density at radius 3 is 2.69 bits per heavy atom.